The fourth-order valence-corrected chi connectivity index (χ4v) is 3.46. The minimum absolute atomic E-state index is 0.0318. The van der Waals surface area contributed by atoms with E-state index in [-0.39, 0.29) is 23.3 Å². The monoisotopic (exact) mass is 334 g/mol. The van der Waals surface area contributed by atoms with Gasteiger partial charge in [-0.15, -0.1) is 0 Å². The number of ketones is 1. The van der Waals surface area contributed by atoms with Crippen LogP contribution in [-0.2, 0) is 9.53 Å². The van der Waals surface area contributed by atoms with Crippen molar-refractivity contribution in [3.8, 4) is 0 Å². The van der Waals surface area contributed by atoms with Gasteiger partial charge in [0.15, 0.2) is 5.78 Å². The van der Waals surface area contributed by atoms with E-state index in [1.54, 1.807) is 32.7 Å². The van der Waals surface area contributed by atoms with E-state index in [0.717, 1.165) is 25.7 Å². The number of ether oxygens (including phenoxy) is 1. The number of esters is 1. The van der Waals surface area contributed by atoms with Gasteiger partial charge < -0.3 is 14.6 Å². The number of methoxy groups -OCH3 is 1. The van der Waals surface area contributed by atoms with Crippen LogP contribution in [0.3, 0.4) is 0 Å². The number of carbonyl (C=O) groups excluding carboxylic acids is 3. The number of rotatable bonds is 5. The Kier molecular flexibility index (Phi) is 5.47. The van der Waals surface area contributed by atoms with Crippen molar-refractivity contribution in [1.82, 2.24) is 9.88 Å². The van der Waals surface area contributed by atoms with E-state index in [1.807, 2.05) is 0 Å². The summed E-state index contributed by atoms with van der Waals surface area (Å²) in [5.74, 6) is -0.598. The van der Waals surface area contributed by atoms with E-state index in [0.29, 0.717) is 16.8 Å². The first kappa shape index (κ1) is 18.2. The van der Waals surface area contributed by atoms with Crippen LogP contribution in [0.4, 0.5) is 0 Å². The molecule has 6 nitrogen and oxygen atoms in total. The Hall–Kier alpha value is -2.11. The number of nitrogens with one attached hydrogen (secondary N) is 1. The first-order valence-electron chi connectivity index (χ1n) is 8.37. The molecule has 0 spiro atoms. The van der Waals surface area contributed by atoms with Crippen LogP contribution >= 0.6 is 0 Å². The lowest BCUT2D eigenvalue weighted by Gasteiger charge is -2.26. The summed E-state index contributed by atoms with van der Waals surface area (Å²) in [5.41, 5.74) is 1.94. The highest BCUT2D eigenvalue weighted by Gasteiger charge is 2.32. The highest BCUT2D eigenvalue weighted by atomic mass is 16.5. The SMILES string of the molecule is COC(=O)c1[nH]c(C)c(C(=O)[C@H](C)N(C)C(=O)C2CCCC2)c1C. The van der Waals surface area contributed by atoms with Crippen LogP contribution in [0.25, 0.3) is 0 Å². The largest absolute Gasteiger partial charge is 0.464 e. The number of carbonyl (C=O) groups is 3. The number of amides is 1. The van der Waals surface area contributed by atoms with Crippen LogP contribution < -0.4 is 0 Å². The van der Waals surface area contributed by atoms with Crippen molar-refractivity contribution in [2.24, 2.45) is 5.92 Å². The molecule has 0 saturated heterocycles. The third-order valence-electron chi connectivity index (χ3n) is 5.09. The first-order valence-corrected chi connectivity index (χ1v) is 8.37. The van der Waals surface area contributed by atoms with Crippen LogP contribution in [0.2, 0.25) is 0 Å². The van der Waals surface area contributed by atoms with Gasteiger partial charge in [0.2, 0.25) is 5.91 Å². The van der Waals surface area contributed by atoms with E-state index >= 15 is 0 Å². The van der Waals surface area contributed by atoms with Gasteiger partial charge in [0, 0.05) is 24.2 Å². The van der Waals surface area contributed by atoms with Gasteiger partial charge in [0.1, 0.15) is 5.69 Å². The van der Waals surface area contributed by atoms with E-state index in [2.05, 4.69) is 4.98 Å². The number of H-pyrrole nitrogens is 1. The summed E-state index contributed by atoms with van der Waals surface area (Å²) in [7, 11) is 2.98. The molecule has 1 aliphatic carbocycles. The number of Topliss-reactive ketones (excluding diaryl/α,β-unsaturated/α-hetero) is 1. The molecule has 132 valence electrons. The Balaban J connectivity index is 2.23. The molecule has 1 aliphatic rings. The maximum atomic E-state index is 12.9. The molecule has 0 bridgehead atoms. The number of aromatic nitrogens is 1. The molecule has 0 radical (unpaired) electrons. The van der Waals surface area contributed by atoms with Crippen LogP contribution in [-0.4, -0.2) is 47.7 Å². The highest BCUT2D eigenvalue weighted by molar-refractivity contribution is 6.06. The maximum Gasteiger partial charge on any atom is 0.354 e. The van der Waals surface area contributed by atoms with E-state index in [1.165, 1.54) is 7.11 Å². The molecule has 2 rings (SSSR count). The third-order valence-corrected chi connectivity index (χ3v) is 5.09. The van der Waals surface area contributed by atoms with Gasteiger partial charge in [-0.2, -0.15) is 0 Å². The zero-order chi connectivity index (χ0) is 18.0. The van der Waals surface area contributed by atoms with Gasteiger partial charge in [-0.25, -0.2) is 4.79 Å². The van der Waals surface area contributed by atoms with Crippen molar-refractivity contribution in [1.29, 1.82) is 0 Å². The number of hydrogen-bond acceptors (Lipinski definition) is 4. The van der Waals surface area contributed by atoms with Gasteiger partial charge in [0.05, 0.1) is 13.2 Å². The lowest BCUT2D eigenvalue weighted by atomic mass is 9.98. The summed E-state index contributed by atoms with van der Waals surface area (Å²) in [6.45, 7) is 5.20. The minimum Gasteiger partial charge on any atom is -0.464 e. The Bertz CT molecular complexity index is 656. The second-order valence-corrected chi connectivity index (χ2v) is 6.59. The van der Waals surface area contributed by atoms with Gasteiger partial charge in [-0.05, 0) is 39.2 Å². The molecular weight excluding hydrogens is 308 g/mol. The van der Waals surface area contributed by atoms with Gasteiger partial charge in [-0.3, -0.25) is 9.59 Å². The molecule has 1 heterocycles. The number of nitrogens with zero attached hydrogens (tertiary/aromatic N) is 1. The van der Waals surface area contributed by atoms with Crippen LogP contribution in [0.1, 0.15) is 64.7 Å². The predicted octanol–water partition coefficient (Wildman–Crippen LogP) is 2.64. The summed E-state index contributed by atoms with van der Waals surface area (Å²) in [4.78, 5) is 41.7. The second-order valence-electron chi connectivity index (χ2n) is 6.59. The van der Waals surface area contributed by atoms with Crippen LogP contribution in [0.5, 0.6) is 0 Å². The molecular formula is C18H26N2O4. The van der Waals surface area contributed by atoms with Crippen molar-refractivity contribution in [3.63, 3.8) is 0 Å². The van der Waals surface area contributed by atoms with Crippen LogP contribution in [0, 0.1) is 19.8 Å². The fraction of sp³-hybridized carbons (Fsp3) is 0.611. The van der Waals surface area contributed by atoms with Gasteiger partial charge >= 0.3 is 5.97 Å². The summed E-state index contributed by atoms with van der Waals surface area (Å²) < 4.78 is 4.73. The Morgan fingerprint density at radius 1 is 1.21 bits per heavy atom. The summed E-state index contributed by atoms with van der Waals surface area (Å²) in [5, 5.41) is 0. The Morgan fingerprint density at radius 3 is 2.33 bits per heavy atom. The lowest BCUT2D eigenvalue weighted by Crippen LogP contribution is -2.43. The summed E-state index contributed by atoms with van der Waals surface area (Å²) >= 11 is 0. The molecule has 1 fully saturated rings. The zero-order valence-electron chi connectivity index (χ0n) is 15.1. The molecule has 1 N–H and O–H groups in total. The van der Waals surface area contributed by atoms with E-state index in [9.17, 15) is 14.4 Å². The number of aromatic amines is 1. The summed E-state index contributed by atoms with van der Waals surface area (Å²) in [6, 6.07) is -0.572. The van der Waals surface area contributed by atoms with Crippen LogP contribution in [0.15, 0.2) is 0 Å². The molecule has 0 aromatic carbocycles. The molecule has 0 aliphatic heterocycles. The summed E-state index contributed by atoms with van der Waals surface area (Å²) in [6.07, 6.45) is 3.95. The van der Waals surface area contributed by atoms with Gasteiger partial charge in [-0.1, -0.05) is 12.8 Å². The standard InChI is InChI=1S/C18H26N2O4/c1-10-14(11(2)19-15(10)18(23)24-5)16(21)12(3)20(4)17(22)13-8-6-7-9-13/h12-13,19H,6-9H2,1-5H3/t12-/m0/s1. The highest BCUT2D eigenvalue weighted by Crippen LogP contribution is 2.28. The van der Waals surface area contributed by atoms with Crippen molar-refractivity contribution < 1.29 is 19.1 Å². The van der Waals surface area contributed by atoms with Crippen molar-refractivity contribution >= 4 is 17.7 Å². The third kappa shape index (κ3) is 3.23. The molecule has 1 aromatic rings. The van der Waals surface area contributed by atoms with E-state index in [4.69, 9.17) is 4.74 Å². The van der Waals surface area contributed by atoms with Crippen molar-refractivity contribution in [2.45, 2.75) is 52.5 Å². The molecule has 0 unspecified atom stereocenters. The van der Waals surface area contributed by atoms with Gasteiger partial charge in [0.25, 0.3) is 0 Å². The zero-order valence-corrected chi connectivity index (χ0v) is 15.1. The van der Waals surface area contributed by atoms with Crippen molar-refractivity contribution in [3.05, 3.63) is 22.5 Å². The average Bonchev–Trinajstić information content (AvgIpc) is 3.20. The minimum atomic E-state index is -0.572. The number of hydrogen-bond donors (Lipinski definition) is 1. The normalized spacial score (nSPS) is 16.0. The van der Waals surface area contributed by atoms with Crippen molar-refractivity contribution in [2.75, 3.05) is 14.2 Å². The maximum absolute atomic E-state index is 12.9. The fourth-order valence-electron chi connectivity index (χ4n) is 3.46. The number of aryl methyl sites for hydroxylation is 1. The smallest absolute Gasteiger partial charge is 0.354 e. The van der Waals surface area contributed by atoms with E-state index < -0.39 is 12.0 Å². The molecule has 1 atom stereocenters. The Morgan fingerprint density at radius 2 is 1.79 bits per heavy atom. The number of likely N-dealkylation sites (N-methyl/N-ethyl adjacent to an activating group) is 1. The average molecular weight is 334 g/mol. The Labute approximate surface area is 142 Å². The first-order chi connectivity index (χ1) is 11.3. The molecule has 1 amide bonds. The lowest BCUT2D eigenvalue weighted by molar-refractivity contribution is -0.135. The molecule has 1 aromatic heterocycles. The molecule has 6 heteroatoms. The molecule has 1 saturated carbocycles. The molecule has 24 heavy (non-hydrogen) atoms. The predicted molar refractivity (Wildman–Crippen MR) is 90.1 cm³/mol. The quantitative estimate of drug-likeness (QED) is 0.663. The second kappa shape index (κ2) is 7.20. The topological polar surface area (TPSA) is 79.5 Å².